The third-order valence-corrected chi connectivity index (χ3v) is 3.42. The van der Waals surface area contributed by atoms with Crippen LogP contribution in [0.15, 0.2) is 24.3 Å². The van der Waals surface area contributed by atoms with Gasteiger partial charge in [-0.05, 0) is 37.0 Å². The Morgan fingerprint density at radius 1 is 1.20 bits per heavy atom. The Bertz CT molecular complexity index is 325. The molecule has 1 nitrogen and oxygen atoms in total. The van der Waals surface area contributed by atoms with Gasteiger partial charge in [-0.1, -0.05) is 37.6 Å². The van der Waals surface area contributed by atoms with Crippen molar-refractivity contribution in [3.63, 3.8) is 0 Å². The first-order valence-electron chi connectivity index (χ1n) is 5.66. The van der Waals surface area contributed by atoms with Crippen LogP contribution >= 0.6 is 11.6 Å². The van der Waals surface area contributed by atoms with E-state index in [0.29, 0.717) is 6.04 Å². The first kappa shape index (κ1) is 11.0. The molecule has 82 valence electrons. The molecule has 0 spiro atoms. The predicted molar refractivity (Wildman–Crippen MR) is 65.3 cm³/mol. The molecule has 0 amide bonds. The van der Waals surface area contributed by atoms with Crippen LogP contribution in [-0.2, 0) is 5.54 Å². The van der Waals surface area contributed by atoms with E-state index < -0.39 is 0 Å². The molecule has 1 saturated carbocycles. The Kier molecular flexibility index (Phi) is 3.03. The largest absolute Gasteiger partial charge is 0.305 e. The van der Waals surface area contributed by atoms with Gasteiger partial charge in [0.25, 0.3) is 0 Å². The zero-order valence-electron chi connectivity index (χ0n) is 9.39. The summed E-state index contributed by atoms with van der Waals surface area (Å²) in [5.41, 5.74) is 1.60. The second-order valence-electron chi connectivity index (χ2n) is 4.74. The van der Waals surface area contributed by atoms with Gasteiger partial charge >= 0.3 is 0 Å². The van der Waals surface area contributed by atoms with Crippen LogP contribution in [0.3, 0.4) is 0 Å². The maximum Gasteiger partial charge on any atom is 0.0436 e. The first-order chi connectivity index (χ1) is 7.12. The summed E-state index contributed by atoms with van der Waals surface area (Å²) >= 11 is 5.91. The molecule has 0 unspecified atom stereocenters. The van der Waals surface area contributed by atoms with E-state index in [1.54, 1.807) is 0 Å². The van der Waals surface area contributed by atoms with E-state index in [4.69, 9.17) is 11.6 Å². The van der Waals surface area contributed by atoms with Crippen LogP contribution < -0.4 is 5.32 Å². The lowest BCUT2D eigenvalue weighted by Gasteiger charge is -2.45. The molecule has 1 aromatic rings. The molecule has 0 bridgehead atoms. The highest BCUT2D eigenvalue weighted by molar-refractivity contribution is 6.30. The molecule has 2 rings (SSSR count). The van der Waals surface area contributed by atoms with Crippen molar-refractivity contribution in [2.24, 2.45) is 0 Å². The van der Waals surface area contributed by atoms with E-state index in [9.17, 15) is 0 Å². The van der Waals surface area contributed by atoms with Crippen molar-refractivity contribution in [1.82, 2.24) is 5.32 Å². The van der Waals surface area contributed by atoms with Crippen LogP contribution in [0.5, 0.6) is 0 Å². The van der Waals surface area contributed by atoms with Gasteiger partial charge in [0.05, 0.1) is 0 Å². The second kappa shape index (κ2) is 4.15. The Labute approximate surface area is 96.8 Å². The van der Waals surface area contributed by atoms with E-state index in [1.807, 2.05) is 12.1 Å². The third-order valence-electron chi connectivity index (χ3n) is 3.17. The molecule has 1 fully saturated rings. The number of benzene rings is 1. The number of hydrogen-bond acceptors (Lipinski definition) is 1. The fraction of sp³-hybridized carbons (Fsp3) is 0.538. The topological polar surface area (TPSA) is 12.0 Å². The van der Waals surface area contributed by atoms with Crippen molar-refractivity contribution in [2.45, 2.75) is 44.7 Å². The number of halogens is 1. The molecular weight excluding hydrogens is 206 g/mol. The molecule has 0 aromatic heterocycles. The molecule has 15 heavy (non-hydrogen) atoms. The average Bonchev–Trinajstić information content (AvgIpc) is 2.13. The lowest BCUT2D eigenvalue weighted by atomic mass is 9.71. The summed E-state index contributed by atoms with van der Waals surface area (Å²) in [5, 5.41) is 4.50. The standard InChI is InChI=1S/C13H18ClN/c1-10(2)15-13(8-3-9-13)11-4-6-12(14)7-5-11/h4-7,10,15H,3,8-9H2,1-2H3. The molecule has 1 N–H and O–H groups in total. The van der Waals surface area contributed by atoms with E-state index in [0.717, 1.165) is 5.02 Å². The zero-order valence-corrected chi connectivity index (χ0v) is 10.1. The monoisotopic (exact) mass is 223 g/mol. The fourth-order valence-electron chi connectivity index (χ4n) is 2.37. The van der Waals surface area contributed by atoms with Crippen molar-refractivity contribution in [3.05, 3.63) is 34.9 Å². The normalized spacial score (nSPS) is 18.9. The number of hydrogen-bond donors (Lipinski definition) is 1. The zero-order chi connectivity index (χ0) is 10.9. The van der Waals surface area contributed by atoms with Gasteiger partial charge in [0, 0.05) is 16.6 Å². The highest BCUT2D eigenvalue weighted by Gasteiger charge is 2.38. The molecule has 0 aliphatic heterocycles. The van der Waals surface area contributed by atoms with Gasteiger partial charge in [-0.2, -0.15) is 0 Å². The van der Waals surface area contributed by atoms with Gasteiger partial charge in [0.15, 0.2) is 0 Å². The Hall–Kier alpha value is -0.530. The fourth-order valence-corrected chi connectivity index (χ4v) is 2.49. The molecule has 1 aromatic carbocycles. The molecule has 0 atom stereocenters. The van der Waals surface area contributed by atoms with Gasteiger partial charge in [-0.25, -0.2) is 0 Å². The van der Waals surface area contributed by atoms with Crippen LogP contribution in [-0.4, -0.2) is 6.04 Å². The predicted octanol–water partition coefficient (Wildman–Crippen LogP) is 3.72. The van der Waals surface area contributed by atoms with Crippen molar-refractivity contribution in [3.8, 4) is 0 Å². The minimum Gasteiger partial charge on any atom is -0.305 e. The summed E-state index contributed by atoms with van der Waals surface area (Å²) in [6.45, 7) is 4.41. The van der Waals surface area contributed by atoms with E-state index in [1.165, 1.54) is 24.8 Å². The summed E-state index contributed by atoms with van der Waals surface area (Å²) in [7, 11) is 0. The minimum atomic E-state index is 0.221. The van der Waals surface area contributed by atoms with Gasteiger partial charge in [-0.15, -0.1) is 0 Å². The summed E-state index contributed by atoms with van der Waals surface area (Å²) < 4.78 is 0. The highest BCUT2D eigenvalue weighted by atomic mass is 35.5. The van der Waals surface area contributed by atoms with Gasteiger partial charge in [0.1, 0.15) is 0 Å². The van der Waals surface area contributed by atoms with Gasteiger partial charge < -0.3 is 5.32 Å². The van der Waals surface area contributed by atoms with E-state index >= 15 is 0 Å². The van der Waals surface area contributed by atoms with Gasteiger partial charge in [-0.3, -0.25) is 0 Å². The second-order valence-corrected chi connectivity index (χ2v) is 5.18. The third kappa shape index (κ3) is 2.19. The van der Waals surface area contributed by atoms with Crippen LogP contribution in [0.25, 0.3) is 0 Å². The van der Waals surface area contributed by atoms with Crippen LogP contribution in [0.2, 0.25) is 5.02 Å². The summed E-state index contributed by atoms with van der Waals surface area (Å²) in [6, 6.07) is 8.80. The van der Waals surface area contributed by atoms with Gasteiger partial charge in [0.2, 0.25) is 0 Å². The lowest BCUT2D eigenvalue weighted by molar-refractivity contribution is 0.171. The van der Waals surface area contributed by atoms with Crippen molar-refractivity contribution >= 4 is 11.6 Å². The summed E-state index contributed by atoms with van der Waals surface area (Å²) in [5.74, 6) is 0. The highest BCUT2D eigenvalue weighted by Crippen LogP contribution is 2.41. The molecule has 2 heteroatoms. The summed E-state index contributed by atoms with van der Waals surface area (Å²) in [4.78, 5) is 0. The van der Waals surface area contributed by atoms with Crippen LogP contribution in [0.4, 0.5) is 0 Å². The Balaban J connectivity index is 2.22. The molecule has 0 radical (unpaired) electrons. The van der Waals surface area contributed by atoms with E-state index in [2.05, 4.69) is 31.3 Å². The number of nitrogens with one attached hydrogen (secondary N) is 1. The molecule has 1 aliphatic carbocycles. The molecular formula is C13H18ClN. The number of rotatable bonds is 3. The maximum absolute atomic E-state index is 5.91. The Morgan fingerprint density at radius 2 is 1.80 bits per heavy atom. The van der Waals surface area contributed by atoms with E-state index in [-0.39, 0.29) is 5.54 Å². The molecule has 0 heterocycles. The first-order valence-corrected chi connectivity index (χ1v) is 6.04. The molecule has 0 saturated heterocycles. The lowest BCUT2D eigenvalue weighted by Crippen LogP contribution is -2.50. The SMILES string of the molecule is CC(C)NC1(c2ccc(Cl)cc2)CCC1. The van der Waals surface area contributed by atoms with Crippen molar-refractivity contribution in [1.29, 1.82) is 0 Å². The van der Waals surface area contributed by atoms with Crippen molar-refractivity contribution < 1.29 is 0 Å². The smallest absolute Gasteiger partial charge is 0.0436 e. The quantitative estimate of drug-likeness (QED) is 0.824. The Morgan fingerprint density at radius 3 is 2.20 bits per heavy atom. The maximum atomic E-state index is 5.91. The summed E-state index contributed by atoms with van der Waals surface area (Å²) in [6.07, 6.45) is 3.81. The molecule has 1 aliphatic rings. The van der Waals surface area contributed by atoms with Crippen LogP contribution in [0, 0.1) is 0 Å². The van der Waals surface area contributed by atoms with Crippen molar-refractivity contribution in [2.75, 3.05) is 0 Å². The average molecular weight is 224 g/mol. The minimum absolute atomic E-state index is 0.221. The van der Waals surface area contributed by atoms with Crippen LogP contribution in [0.1, 0.15) is 38.7 Å².